The lowest BCUT2D eigenvalue weighted by Gasteiger charge is -2.08. The third-order valence-corrected chi connectivity index (χ3v) is 4.07. The summed E-state index contributed by atoms with van der Waals surface area (Å²) in [6, 6.07) is 10.9. The summed E-state index contributed by atoms with van der Waals surface area (Å²) in [5, 5.41) is 2.84. The Morgan fingerprint density at radius 3 is 2.85 bits per heavy atom. The number of carbonyl (C=O) groups excluding carboxylic acids is 1. The van der Waals surface area contributed by atoms with Crippen molar-refractivity contribution >= 4 is 38.9 Å². The van der Waals surface area contributed by atoms with Gasteiger partial charge in [0.05, 0.1) is 15.3 Å². The number of halogens is 1. The lowest BCUT2D eigenvalue weighted by molar-refractivity contribution is 0.103. The van der Waals surface area contributed by atoms with Crippen LogP contribution in [0.3, 0.4) is 0 Å². The Balaban J connectivity index is 1.98. The molecule has 106 valence electrons. The predicted molar refractivity (Wildman–Crippen MR) is 83.8 cm³/mol. The molecule has 0 radical (unpaired) electrons. The van der Waals surface area contributed by atoms with Crippen molar-refractivity contribution in [2.45, 2.75) is 0 Å². The number of hydrogen-bond acceptors (Lipinski definition) is 4. The van der Waals surface area contributed by atoms with Gasteiger partial charge in [-0.15, -0.1) is 11.3 Å². The van der Waals surface area contributed by atoms with Crippen molar-refractivity contribution in [3.05, 3.63) is 45.1 Å². The van der Waals surface area contributed by atoms with Crippen LogP contribution in [0.2, 0.25) is 0 Å². The van der Waals surface area contributed by atoms with Crippen LogP contribution in [0.1, 0.15) is 9.67 Å². The quantitative estimate of drug-likeness (QED) is 0.802. The molecule has 4 nitrogen and oxygen atoms in total. The lowest BCUT2D eigenvalue weighted by atomic mass is 10.3. The second-order valence-electron chi connectivity index (χ2n) is 3.93. The molecule has 1 aromatic carbocycles. The number of nitrogens with one attached hydrogen (secondary N) is 1. The zero-order valence-electron chi connectivity index (χ0n) is 10.9. The van der Waals surface area contributed by atoms with E-state index in [0.717, 1.165) is 3.79 Å². The van der Waals surface area contributed by atoms with Gasteiger partial charge in [-0.05, 0) is 40.2 Å². The Labute approximate surface area is 129 Å². The van der Waals surface area contributed by atoms with E-state index >= 15 is 0 Å². The van der Waals surface area contributed by atoms with Gasteiger partial charge in [-0.25, -0.2) is 0 Å². The molecule has 1 heterocycles. The molecule has 20 heavy (non-hydrogen) atoms. The molecule has 0 spiro atoms. The maximum Gasteiger partial charge on any atom is 0.265 e. The van der Waals surface area contributed by atoms with Crippen molar-refractivity contribution in [3.63, 3.8) is 0 Å². The average Bonchev–Trinajstić information content (AvgIpc) is 2.86. The van der Waals surface area contributed by atoms with Gasteiger partial charge in [-0.3, -0.25) is 4.79 Å². The van der Waals surface area contributed by atoms with Crippen LogP contribution in [0.15, 0.2) is 40.2 Å². The fourth-order valence-corrected chi connectivity index (χ4v) is 2.82. The summed E-state index contributed by atoms with van der Waals surface area (Å²) in [6.45, 7) is 1.01. The summed E-state index contributed by atoms with van der Waals surface area (Å²) >= 11 is 4.73. The molecule has 0 bridgehead atoms. The van der Waals surface area contributed by atoms with Gasteiger partial charge in [-0.1, -0.05) is 6.07 Å². The van der Waals surface area contributed by atoms with Crippen LogP contribution in [0, 0.1) is 0 Å². The predicted octanol–water partition coefficient (Wildman–Crippen LogP) is 3.79. The molecule has 6 heteroatoms. The van der Waals surface area contributed by atoms with Crippen molar-refractivity contribution in [1.29, 1.82) is 0 Å². The third kappa shape index (κ3) is 4.33. The normalized spacial score (nSPS) is 10.3. The third-order valence-electron chi connectivity index (χ3n) is 2.45. The van der Waals surface area contributed by atoms with Crippen molar-refractivity contribution in [1.82, 2.24) is 0 Å². The Bertz CT molecular complexity index is 585. The van der Waals surface area contributed by atoms with E-state index in [0.29, 0.717) is 29.5 Å². The molecule has 0 aliphatic rings. The van der Waals surface area contributed by atoms with E-state index in [1.54, 1.807) is 19.2 Å². The molecule has 2 aromatic rings. The van der Waals surface area contributed by atoms with Gasteiger partial charge in [0.2, 0.25) is 0 Å². The average molecular weight is 356 g/mol. The zero-order valence-corrected chi connectivity index (χ0v) is 13.3. The summed E-state index contributed by atoms with van der Waals surface area (Å²) in [5.41, 5.74) is 0.703. The molecule has 1 amide bonds. The number of hydrogen-bond donors (Lipinski definition) is 1. The number of anilines is 1. The molecular formula is C14H14BrNO3S. The van der Waals surface area contributed by atoms with Gasteiger partial charge in [0.15, 0.2) is 0 Å². The van der Waals surface area contributed by atoms with Crippen LogP contribution >= 0.6 is 27.3 Å². The highest BCUT2D eigenvalue weighted by Crippen LogP contribution is 2.24. The molecule has 0 saturated carbocycles. The minimum atomic E-state index is -0.130. The standard InChI is InChI=1S/C14H14BrNO3S/c1-18-7-8-19-11-4-2-3-10(9-11)16-14(17)12-5-6-13(15)20-12/h2-6,9H,7-8H2,1H3,(H,16,17). The van der Waals surface area contributed by atoms with Crippen LogP contribution in [0.25, 0.3) is 0 Å². The summed E-state index contributed by atoms with van der Waals surface area (Å²) in [6.07, 6.45) is 0. The fourth-order valence-electron chi connectivity index (χ4n) is 1.54. The summed E-state index contributed by atoms with van der Waals surface area (Å²) in [4.78, 5) is 12.7. The van der Waals surface area contributed by atoms with Crippen molar-refractivity contribution in [3.8, 4) is 5.75 Å². The summed E-state index contributed by atoms with van der Waals surface area (Å²) < 4.78 is 11.3. The molecule has 0 aliphatic carbocycles. The number of thiophene rings is 1. The van der Waals surface area contributed by atoms with Crippen molar-refractivity contribution < 1.29 is 14.3 Å². The van der Waals surface area contributed by atoms with E-state index in [1.807, 2.05) is 24.3 Å². The number of ether oxygens (including phenoxy) is 2. The van der Waals surface area contributed by atoms with E-state index in [4.69, 9.17) is 9.47 Å². The van der Waals surface area contributed by atoms with E-state index in [2.05, 4.69) is 21.2 Å². The fraction of sp³-hybridized carbons (Fsp3) is 0.214. The second-order valence-corrected chi connectivity index (χ2v) is 6.39. The van der Waals surface area contributed by atoms with E-state index in [1.165, 1.54) is 11.3 Å². The number of methoxy groups -OCH3 is 1. The zero-order chi connectivity index (χ0) is 14.4. The maximum atomic E-state index is 12.0. The van der Waals surface area contributed by atoms with E-state index < -0.39 is 0 Å². The van der Waals surface area contributed by atoms with E-state index in [9.17, 15) is 4.79 Å². The molecular weight excluding hydrogens is 342 g/mol. The first-order chi connectivity index (χ1) is 9.69. The lowest BCUT2D eigenvalue weighted by Crippen LogP contribution is -2.10. The molecule has 0 atom stereocenters. The van der Waals surface area contributed by atoms with Gasteiger partial charge in [0.1, 0.15) is 12.4 Å². The number of carbonyl (C=O) groups is 1. The first-order valence-electron chi connectivity index (χ1n) is 5.97. The first kappa shape index (κ1) is 15.0. The van der Waals surface area contributed by atoms with Crippen LogP contribution in [0.5, 0.6) is 5.75 Å². The number of benzene rings is 1. The van der Waals surface area contributed by atoms with Crippen LogP contribution < -0.4 is 10.1 Å². The smallest absolute Gasteiger partial charge is 0.265 e. The molecule has 2 rings (SSSR count). The molecule has 1 aromatic heterocycles. The molecule has 1 N–H and O–H groups in total. The summed E-state index contributed by atoms with van der Waals surface area (Å²) in [5.74, 6) is 0.571. The first-order valence-corrected chi connectivity index (χ1v) is 7.58. The van der Waals surface area contributed by atoms with Crippen LogP contribution in [0.4, 0.5) is 5.69 Å². The van der Waals surface area contributed by atoms with Gasteiger partial charge >= 0.3 is 0 Å². The van der Waals surface area contributed by atoms with Crippen molar-refractivity contribution in [2.75, 3.05) is 25.6 Å². The second kappa shape index (κ2) is 7.42. The van der Waals surface area contributed by atoms with Gasteiger partial charge in [0.25, 0.3) is 5.91 Å². The van der Waals surface area contributed by atoms with Crippen LogP contribution in [-0.2, 0) is 4.74 Å². The highest BCUT2D eigenvalue weighted by atomic mass is 79.9. The van der Waals surface area contributed by atoms with Crippen molar-refractivity contribution in [2.24, 2.45) is 0 Å². The Morgan fingerprint density at radius 2 is 2.15 bits per heavy atom. The van der Waals surface area contributed by atoms with Gasteiger partial charge < -0.3 is 14.8 Å². The topological polar surface area (TPSA) is 47.6 Å². The highest BCUT2D eigenvalue weighted by molar-refractivity contribution is 9.11. The minimum Gasteiger partial charge on any atom is -0.491 e. The Morgan fingerprint density at radius 1 is 1.30 bits per heavy atom. The Hall–Kier alpha value is -1.37. The summed E-state index contributed by atoms with van der Waals surface area (Å²) in [7, 11) is 1.62. The minimum absolute atomic E-state index is 0.130. The largest absolute Gasteiger partial charge is 0.491 e. The maximum absolute atomic E-state index is 12.0. The number of rotatable bonds is 6. The molecule has 0 saturated heterocycles. The van der Waals surface area contributed by atoms with Crippen LogP contribution in [-0.4, -0.2) is 26.2 Å². The molecule has 0 aliphatic heterocycles. The SMILES string of the molecule is COCCOc1cccc(NC(=O)c2ccc(Br)s2)c1. The van der Waals surface area contributed by atoms with Gasteiger partial charge in [0, 0.05) is 18.9 Å². The monoisotopic (exact) mass is 355 g/mol. The highest BCUT2D eigenvalue weighted by Gasteiger charge is 2.09. The number of amides is 1. The van der Waals surface area contributed by atoms with E-state index in [-0.39, 0.29) is 5.91 Å². The Kier molecular flexibility index (Phi) is 5.58. The molecule has 0 unspecified atom stereocenters. The molecule has 0 fully saturated rings. The van der Waals surface area contributed by atoms with Gasteiger partial charge in [-0.2, -0.15) is 0 Å².